The molecule has 5 nitrogen and oxygen atoms in total. The van der Waals surface area contributed by atoms with Gasteiger partial charge in [-0.25, -0.2) is 9.18 Å². The van der Waals surface area contributed by atoms with Gasteiger partial charge in [-0.3, -0.25) is 9.78 Å². The van der Waals surface area contributed by atoms with Crippen LogP contribution in [0.2, 0.25) is 5.02 Å². The summed E-state index contributed by atoms with van der Waals surface area (Å²) in [6.45, 7) is 0.159. The summed E-state index contributed by atoms with van der Waals surface area (Å²) in [5, 5.41) is 2.63. The van der Waals surface area contributed by atoms with Gasteiger partial charge < -0.3 is 9.73 Å². The van der Waals surface area contributed by atoms with Crippen molar-refractivity contribution in [2.24, 2.45) is 0 Å². The van der Waals surface area contributed by atoms with Crippen molar-refractivity contribution >= 4 is 28.6 Å². The Kier molecular flexibility index (Phi) is 3.68. The highest BCUT2D eigenvalue weighted by Gasteiger charge is 2.15. The first-order chi connectivity index (χ1) is 10.5. The molecule has 0 radical (unpaired) electrons. The number of nitrogens with one attached hydrogen (secondary N) is 2. The molecular weight excluding hydrogens is 311 g/mol. The maximum Gasteiger partial charge on any atom is 0.417 e. The van der Waals surface area contributed by atoms with E-state index < -0.39 is 17.5 Å². The van der Waals surface area contributed by atoms with E-state index >= 15 is 0 Å². The molecule has 112 valence electrons. The van der Waals surface area contributed by atoms with E-state index in [1.807, 2.05) is 0 Å². The number of hydrogen-bond acceptors (Lipinski definition) is 3. The predicted molar refractivity (Wildman–Crippen MR) is 79.4 cm³/mol. The second kappa shape index (κ2) is 5.65. The number of aromatic nitrogens is 1. The van der Waals surface area contributed by atoms with Crippen LogP contribution in [0.1, 0.15) is 15.9 Å². The van der Waals surface area contributed by atoms with Crippen LogP contribution < -0.4 is 11.1 Å². The molecule has 2 aromatic carbocycles. The van der Waals surface area contributed by atoms with Gasteiger partial charge in [-0.1, -0.05) is 23.7 Å². The molecule has 2 N–H and O–H groups in total. The zero-order chi connectivity index (χ0) is 15.7. The van der Waals surface area contributed by atoms with E-state index in [0.29, 0.717) is 11.1 Å². The van der Waals surface area contributed by atoms with Crippen molar-refractivity contribution in [3.63, 3.8) is 0 Å². The number of amides is 1. The highest BCUT2D eigenvalue weighted by molar-refractivity contribution is 6.33. The highest BCUT2D eigenvalue weighted by atomic mass is 35.5. The molecule has 0 atom stereocenters. The minimum Gasteiger partial charge on any atom is -0.408 e. The van der Waals surface area contributed by atoms with E-state index in [2.05, 4.69) is 10.3 Å². The van der Waals surface area contributed by atoms with Gasteiger partial charge >= 0.3 is 5.76 Å². The number of halogens is 2. The van der Waals surface area contributed by atoms with Gasteiger partial charge in [0.15, 0.2) is 5.58 Å². The zero-order valence-corrected chi connectivity index (χ0v) is 11.9. The summed E-state index contributed by atoms with van der Waals surface area (Å²) >= 11 is 5.83. The lowest BCUT2D eigenvalue weighted by Crippen LogP contribution is -2.24. The van der Waals surface area contributed by atoms with Crippen molar-refractivity contribution in [3.8, 4) is 0 Å². The largest absolute Gasteiger partial charge is 0.417 e. The normalized spacial score (nSPS) is 10.8. The van der Waals surface area contributed by atoms with E-state index in [4.69, 9.17) is 16.0 Å². The van der Waals surface area contributed by atoms with Crippen molar-refractivity contribution in [2.45, 2.75) is 6.54 Å². The van der Waals surface area contributed by atoms with E-state index in [1.165, 1.54) is 18.2 Å². The average molecular weight is 321 g/mol. The number of benzene rings is 2. The van der Waals surface area contributed by atoms with Gasteiger partial charge in [-0.15, -0.1) is 0 Å². The second-order valence-electron chi connectivity index (χ2n) is 4.62. The average Bonchev–Trinajstić information content (AvgIpc) is 2.84. The van der Waals surface area contributed by atoms with Gasteiger partial charge in [0.05, 0.1) is 16.1 Å². The lowest BCUT2D eigenvalue weighted by Gasteiger charge is -2.07. The van der Waals surface area contributed by atoms with E-state index in [-0.39, 0.29) is 17.1 Å². The molecule has 0 fully saturated rings. The Morgan fingerprint density at radius 3 is 2.91 bits per heavy atom. The molecule has 1 aromatic heterocycles. The Hall–Kier alpha value is -2.60. The molecule has 3 rings (SSSR count). The Labute approximate surface area is 128 Å². The van der Waals surface area contributed by atoms with Gasteiger partial charge in [0, 0.05) is 6.54 Å². The molecule has 0 aliphatic heterocycles. The maximum absolute atomic E-state index is 13.6. The SMILES string of the molecule is O=C(NCc1ccc2oc(=O)[nH]c2c1)c1c(F)cccc1Cl. The first-order valence-electron chi connectivity index (χ1n) is 6.38. The smallest absolute Gasteiger partial charge is 0.408 e. The lowest BCUT2D eigenvalue weighted by atomic mass is 10.1. The van der Waals surface area contributed by atoms with Crippen LogP contribution in [-0.2, 0) is 6.54 Å². The quantitative estimate of drug-likeness (QED) is 0.779. The summed E-state index contributed by atoms with van der Waals surface area (Å²) in [7, 11) is 0. The summed E-state index contributed by atoms with van der Waals surface area (Å²) in [5.74, 6) is -1.84. The van der Waals surface area contributed by atoms with Gasteiger partial charge in [0.2, 0.25) is 0 Å². The van der Waals surface area contributed by atoms with Gasteiger partial charge in [-0.2, -0.15) is 0 Å². The minimum absolute atomic E-state index is 0.0483. The summed E-state index contributed by atoms with van der Waals surface area (Å²) in [6, 6.07) is 9.03. The van der Waals surface area contributed by atoms with Crippen LogP contribution >= 0.6 is 11.6 Å². The summed E-state index contributed by atoms with van der Waals surface area (Å²) in [6.07, 6.45) is 0. The molecule has 22 heavy (non-hydrogen) atoms. The van der Waals surface area contributed by atoms with Crippen molar-refractivity contribution in [1.29, 1.82) is 0 Å². The van der Waals surface area contributed by atoms with Crippen molar-refractivity contribution < 1.29 is 13.6 Å². The topological polar surface area (TPSA) is 75.1 Å². The molecular formula is C15H10ClFN2O3. The van der Waals surface area contributed by atoms with Crippen LogP contribution in [-0.4, -0.2) is 10.9 Å². The molecule has 3 aromatic rings. The Morgan fingerprint density at radius 2 is 2.14 bits per heavy atom. The Bertz CT molecular complexity index is 896. The van der Waals surface area contributed by atoms with Gasteiger partial charge in [0.25, 0.3) is 5.91 Å². The number of oxazole rings is 1. The Balaban J connectivity index is 1.78. The Morgan fingerprint density at radius 1 is 1.32 bits per heavy atom. The van der Waals surface area contributed by atoms with Crippen LogP contribution in [0.15, 0.2) is 45.6 Å². The van der Waals surface area contributed by atoms with Crippen molar-refractivity contribution in [2.75, 3.05) is 0 Å². The predicted octanol–water partition coefficient (Wildman–Crippen LogP) is 2.84. The fourth-order valence-corrected chi connectivity index (χ4v) is 2.34. The zero-order valence-electron chi connectivity index (χ0n) is 11.2. The van der Waals surface area contributed by atoms with Crippen LogP contribution in [0, 0.1) is 5.82 Å². The van der Waals surface area contributed by atoms with E-state index in [1.54, 1.807) is 18.2 Å². The summed E-state index contributed by atoms with van der Waals surface area (Å²) < 4.78 is 18.5. The third kappa shape index (κ3) is 2.73. The monoisotopic (exact) mass is 320 g/mol. The van der Waals surface area contributed by atoms with Crippen LogP contribution in [0.4, 0.5) is 4.39 Å². The number of H-pyrrole nitrogens is 1. The van der Waals surface area contributed by atoms with Crippen LogP contribution in [0.3, 0.4) is 0 Å². The number of carbonyl (C=O) groups is 1. The molecule has 1 amide bonds. The van der Waals surface area contributed by atoms with Gasteiger partial charge in [0.1, 0.15) is 5.82 Å². The third-order valence-electron chi connectivity index (χ3n) is 3.13. The second-order valence-corrected chi connectivity index (χ2v) is 5.03. The fraction of sp³-hybridized carbons (Fsp3) is 0.0667. The molecule has 1 heterocycles. The molecule has 0 unspecified atom stereocenters. The summed E-state index contributed by atoms with van der Waals surface area (Å²) in [5.41, 5.74) is 1.49. The van der Waals surface area contributed by atoms with Crippen molar-refractivity contribution in [3.05, 3.63) is 68.9 Å². The first kappa shape index (κ1) is 14.3. The van der Waals surface area contributed by atoms with E-state index in [9.17, 15) is 14.0 Å². The van der Waals surface area contributed by atoms with Crippen molar-refractivity contribution in [1.82, 2.24) is 10.3 Å². The van der Waals surface area contributed by atoms with Crippen LogP contribution in [0.5, 0.6) is 0 Å². The number of hydrogen-bond donors (Lipinski definition) is 2. The van der Waals surface area contributed by atoms with E-state index in [0.717, 1.165) is 5.56 Å². The van der Waals surface area contributed by atoms with Crippen LogP contribution in [0.25, 0.3) is 11.1 Å². The third-order valence-corrected chi connectivity index (χ3v) is 3.44. The lowest BCUT2D eigenvalue weighted by molar-refractivity contribution is 0.0947. The minimum atomic E-state index is -0.681. The molecule has 0 saturated heterocycles. The molecule has 0 spiro atoms. The number of rotatable bonds is 3. The number of aromatic amines is 1. The molecule has 0 aliphatic carbocycles. The van der Waals surface area contributed by atoms with Gasteiger partial charge in [-0.05, 0) is 29.8 Å². The number of carbonyl (C=O) groups excluding carboxylic acids is 1. The fourth-order valence-electron chi connectivity index (χ4n) is 2.09. The molecule has 7 heteroatoms. The molecule has 0 saturated carbocycles. The number of fused-ring (bicyclic) bond motifs is 1. The standard InChI is InChI=1S/C15H10ClFN2O3/c16-9-2-1-3-10(17)13(9)14(20)18-7-8-4-5-12-11(6-8)19-15(21)22-12/h1-6H,7H2,(H,18,20)(H,19,21). The highest BCUT2D eigenvalue weighted by Crippen LogP contribution is 2.19. The summed E-state index contributed by atoms with van der Waals surface area (Å²) in [4.78, 5) is 25.6. The molecule has 0 aliphatic rings. The first-order valence-corrected chi connectivity index (χ1v) is 6.76. The maximum atomic E-state index is 13.6. The molecule has 0 bridgehead atoms.